The summed E-state index contributed by atoms with van der Waals surface area (Å²) in [5, 5.41) is 11.6. The molecule has 1 aromatic rings. The molecule has 0 spiro atoms. The molecule has 5 heteroatoms. The van der Waals surface area contributed by atoms with Gasteiger partial charge in [0, 0.05) is 18.7 Å². The summed E-state index contributed by atoms with van der Waals surface area (Å²) in [5.41, 5.74) is 0.0785. The third kappa shape index (κ3) is 3.50. The summed E-state index contributed by atoms with van der Waals surface area (Å²) in [6.45, 7) is 0.595. The van der Waals surface area contributed by atoms with Gasteiger partial charge in [0.2, 0.25) is 5.91 Å². The Kier molecular flexibility index (Phi) is 4.14. The first-order valence-corrected chi connectivity index (χ1v) is 6.37. The van der Waals surface area contributed by atoms with Crippen LogP contribution in [0.25, 0.3) is 0 Å². The van der Waals surface area contributed by atoms with Crippen molar-refractivity contribution >= 4 is 5.91 Å². The van der Waals surface area contributed by atoms with Crippen LogP contribution in [0.4, 0.5) is 8.78 Å². The van der Waals surface area contributed by atoms with Crippen molar-refractivity contribution in [2.24, 2.45) is 5.41 Å². The lowest BCUT2D eigenvalue weighted by atomic mass is 10.0. The van der Waals surface area contributed by atoms with Crippen molar-refractivity contribution in [2.45, 2.75) is 25.7 Å². The van der Waals surface area contributed by atoms with E-state index in [-0.39, 0.29) is 29.9 Å². The van der Waals surface area contributed by atoms with Gasteiger partial charge in [-0.3, -0.25) is 4.79 Å². The first-order valence-electron chi connectivity index (χ1n) is 6.37. The Hall–Kier alpha value is -1.49. The molecular formula is C14H17F2NO2. The number of hydrogen-bond donors (Lipinski definition) is 2. The molecule has 0 saturated heterocycles. The fraction of sp³-hybridized carbons (Fsp3) is 0.500. The number of hydrogen-bond acceptors (Lipinski definition) is 2. The van der Waals surface area contributed by atoms with Gasteiger partial charge >= 0.3 is 0 Å². The second-order valence-corrected chi connectivity index (χ2v) is 5.14. The summed E-state index contributed by atoms with van der Waals surface area (Å²) < 4.78 is 26.4. The number of rotatable bonds is 6. The topological polar surface area (TPSA) is 49.3 Å². The second kappa shape index (κ2) is 5.65. The highest BCUT2D eigenvalue weighted by atomic mass is 19.2. The largest absolute Gasteiger partial charge is 0.396 e. The minimum Gasteiger partial charge on any atom is -0.396 e. The number of benzene rings is 1. The van der Waals surface area contributed by atoms with E-state index in [1.54, 1.807) is 0 Å². The molecule has 0 bridgehead atoms. The number of nitrogens with one attached hydrogen (secondary N) is 1. The lowest BCUT2D eigenvalue weighted by molar-refractivity contribution is -0.120. The van der Waals surface area contributed by atoms with Crippen molar-refractivity contribution in [3.05, 3.63) is 35.4 Å². The highest BCUT2D eigenvalue weighted by Crippen LogP contribution is 2.47. The van der Waals surface area contributed by atoms with Gasteiger partial charge in [0.05, 0.1) is 6.42 Å². The highest BCUT2D eigenvalue weighted by molar-refractivity contribution is 5.78. The van der Waals surface area contributed by atoms with Crippen LogP contribution in [0.2, 0.25) is 0 Å². The SMILES string of the molecule is O=C(Cc1cccc(F)c1F)NCC1(CCO)CC1. The van der Waals surface area contributed by atoms with Crippen LogP contribution < -0.4 is 5.32 Å². The number of carbonyl (C=O) groups is 1. The van der Waals surface area contributed by atoms with E-state index in [4.69, 9.17) is 5.11 Å². The quantitative estimate of drug-likeness (QED) is 0.827. The summed E-state index contributed by atoms with van der Waals surface area (Å²) in [4.78, 5) is 11.7. The number of aliphatic hydroxyl groups excluding tert-OH is 1. The van der Waals surface area contributed by atoms with Crippen LogP contribution in [0, 0.1) is 17.0 Å². The van der Waals surface area contributed by atoms with Crippen LogP contribution in [0.1, 0.15) is 24.8 Å². The predicted octanol–water partition coefficient (Wildman–Crippen LogP) is 1.79. The van der Waals surface area contributed by atoms with Gasteiger partial charge in [0.25, 0.3) is 0 Å². The molecule has 1 fully saturated rings. The van der Waals surface area contributed by atoms with E-state index in [1.165, 1.54) is 12.1 Å². The third-order valence-electron chi connectivity index (χ3n) is 3.64. The fourth-order valence-corrected chi connectivity index (χ4v) is 2.14. The van der Waals surface area contributed by atoms with Crippen LogP contribution in [0.15, 0.2) is 18.2 Å². The molecule has 1 saturated carbocycles. The van der Waals surface area contributed by atoms with Gasteiger partial charge in [-0.15, -0.1) is 0 Å². The highest BCUT2D eigenvalue weighted by Gasteiger charge is 2.41. The lowest BCUT2D eigenvalue weighted by Gasteiger charge is -2.14. The standard InChI is InChI=1S/C14H17F2NO2/c15-11-3-1-2-10(13(11)16)8-12(19)17-9-14(4-5-14)6-7-18/h1-3,18H,4-9H2,(H,17,19). The molecule has 0 heterocycles. The second-order valence-electron chi connectivity index (χ2n) is 5.14. The monoisotopic (exact) mass is 269 g/mol. The molecule has 1 aliphatic carbocycles. The maximum atomic E-state index is 13.4. The molecule has 2 N–H and O–H groups in total. The van der Waals surface area contributed by atoms with Crippen LogP contribution in [0.3, 0.4) is 0 Å². The Labute approximate surface area is 110 Å². The van der Waals surface area contributed by atoms with Gasteiger partial charge < -0.3 is 10.4 Å². The zero-order valence-corrected chi connectivity index (χ0v) is 10.6. The van der Waals surface area contributed by atoms with Gasteiger partial charge in [-0.25, -0.2) is 8.78 Å². The molecule has 1 aliphatic rings. The Morgan fingerprint density at radius 3 is 2.74 bits per heavy atom. The minimum absolute atomic E-state index is 0.0187. The van der Waals surface area contributed by atoms with Gasteiger partial charge in [0.15, 0.2) is 11.6 Å². The van der Waals surface area contributed by atoms with Crippen LogP contribution >= 0.6 is 0 Å². The van der Waals surface area contributed by atoms with E-state index < -0.39 is 11.6 Å². The Bertz CT molecular complexity index is 473. The maximum absolute atomic E-state index is 13.4. The molecule has 104 valence electrons. The molecule has 0 radical (unpaired) electrons. The van der Waals surface area contributed by atoms with Gasteiger partial charge in [-0.2, -0.15) is 0 Å². The predicted molar refractivity (Wildman–Crippen MR) is 66.4 cm³/mol. The minimum atomic E-state index is -0.964. The van der Waals surface area contributed by atoms with Crippen LogP contribution in [0.5, 0.6) is 0 Å². The van der Waals surface area contributed by atoms with Crippen molar-refractivity contribution in [1.29, 1.82) is 0 Å². The summed E-state index contributed by atoms with van der Waals surface area (Å²) in [6.07, 6.45) is 2.48. The van der Waals surface area contributed by atoms with Gasteiger partial charge in [-0.05, 0) is 30.7 Å². The van der Waals surface area contributed by atoms with Crippen molar-refractivity contribution in [3.8, 4) is 0 Å². The number of carbonyl (C=O) groups excluding carboxylic acids is 1. The van der Waals surface area contributed by atoms with E-state index in [2.05, 4.69) is 5.32 Å². The fourth-order valence-electron chi connectivity index (χ4n) is 2.14. The molecule has 1 aromatic carbocycles. The molecule has 1 amide bonds. The third-order valence-corrected chi connectivity index (χ3v) is 3.64. The van der Waals surface area contributed by atoms with E-state index in [0.717, 1.165) is 18.9 Å². The van der Waals surface area contributed by atoms with E-state index in [1.807, 2.05) is 0 Å². The normalized spacial score (nSPS) is 16.2. The van der Waals surface area contributed by atoms with E-state index >= 15 is 0 Å². The number of amides is 1. The Morgan fingerprint density at radius 2 is 2.11 bits per heavy atom. The molecular weight excluding hydrogens is 252 g/mol. The van der Waals surface area contributed by atoms with Crippen molar-refractivity contribution < 1.29 is 18.7 Å². The molecule has 0 atom stereocenters. The first-order chi connectivity index (χ1) is 9.06. The zero-order chi connectivity index (χ0) is 13.9. The summed E-state index contributed by atoms with van der Waals surface area (Å²) in [7, 11) is 0. The average molecular weight is 269 g/mol. The van der Waals surface area contributed by atoms with E-state index in [9.17, 15) is 13.6 Å². The summed E-state index contributed by atoms with van der Waals surface area (Å²) in [6, 6.07) is 3.81. The zero-order valence-electron chi connectivity index (χ0n) is 10.6. The maximum Gasteiger partial charge on any atom is 0.224 e. The summed E-state index contributed by atoms with van der Waals surface area (Å²) >= 11 is 0. The average Bonchev–Trinajstić information content (AvgIpc) is 3.14. The van der Waals surface area contributed by atoms with Gasteiger partial charge in [-0.1, -0.05) is 12.1 Å². The molecule has 0 aliphatic heterocycles. The first kappa shape index (κ1) is 13.9. The van der Waals surface area contributed by atoms with Gasteiger partial charge in [0.1, 0.15) is 0 Å². The Balaban J connectivity index is 1.86. The van der Waals surface area contributed by atoms with Crippen molar-refractivity contribution in [3.63, 3.8) is 0 Å². The Morgan fingerprint density at radius 1 is 1.37 bits per heavy atom. The van der Waals surface area contributed by atoms with Crippen LogP contribution in [-0.4, -0.2) is 24.2 Å². The molecule has 0 unspecified atom stereocenters. The number of halogens is 2. The molecule has 3 nitrogen and oxygen atoms in total. The molecule has 0 aromatic heterocycles. The lowest BCUT2D eigenvalue weighted by Crippen LogP contribution is -2.32. The summed E-state index contributed by atoms with van der Waals surface area (Å²) in [5.74, 6) is -2.23. The molecule has 2 rings (SSSR count). The van der Waals surface area contributed by atoms with Crippen LogP contribution in [-0.2, 0) is 11.2 Å². The van der Waals surface area contributed by atoms with E-state index in [0.29, 0.717) is 13.0 Å². The van der Waals surface area contributed by atoms with Crippen molar-refractivity contribution in [1.82, 2.24) is 5.32 Å². The smallest absolute Gasteiger partial charge is 0.224 e. The molecule has 19 heavy (non-hydrogen) atoms. The number of aliphatic hydroxyl groups is 1. The van der Waals surface area contributed by atoms with Crippen molar-refractivity contribution in [2.75, 3.05) is 13.2 Å².